The molecule has 1 saturated heterocycles. The molecule has 1 aromatic heterocycles. The van der Waals surface area contributed by atoms with Gasteiger partial charge in [-0.1, -0.05) is 23.5 Å². The van der Waals surface area contributed by atoms with Crippen molar-refractivity contribution >= 4 is 46.5 Å². The number of anilines is 1. The zero-order chi connectivity index (χ0) is 28.4. The highest BCUT2D eigenvalue weighted by molar-refractivity contribution is 7.98. The Hall–Kier alpha value is -3.70. The number of thiazole rings is 1. The van der Waals surface area contributed by atoms with E-state index >= 15 is 0 Å². The minimum absolute atomic E-state index is 0.0352. The number of non-ortho nitro benzene ring substituents is 1. The molecule has 208 valence electrons. The van der Waals surface area contributed by atoms with Crippen LogP contribution in [0.15, 0.2) is 68.4 Å². The molecule has 0 spiro atoms. The number of allylic oxidation sites excluding steroid dienone is 1. The zero-order valence-electron chi connectivity index (χ0n) is 22.6. The maximum absolute atomic E-state index is 14.0. The summed E-state index contributed by atoms with van der Waals surface area (Å²) >= 11 is 2.82. The fourth-order valence-corrected chi connectivity index (χ4v) is 6.67. The summed E-state index contributed by atoms with van der Waals surface area (Å²) < 4.78 is 7.31. The number of hydrogen-bond acceptors (Lipinski definition) is 9. The number of carbonyl (C=O) groups is 1. The molecule has 0 saturated carbocycles. The van der Waals surface area contributed by atoms with E-state index in [-0.39, 0.29) is 17.9 Å². The van der Waals surface area contributed by atoms with Gasteiger partial charge in [0.15, 0.2) is 4.80 Å². The summed E-state index contributed by atoms with van der Waals surface area (Å²) in [7, 11) is 0. The number of carbonyl (C=O) groups excluding carboxylic acids is 1. The van der Waals surface area contributed by atoms with Crippen molar-refractivity contribution in [2.24, 2.45) is 4.99 Å². The number of nitrogens with zero attached hydrogens (tertiary/aromatic N) is 4. The Labute approximate surface area is 239 Å². The van der Waals surface area contributed by atoms with Crippen LogP contribution in [0, 0.1) is 10.1 Å². The number of esters is 1. The summed E-state index contributed by atoms with van der Waals surface area (Å²) in [5.41, 5.74) is 2.72. The van der Waals surface area contributed by atoms with Crippen LogP contribution < -0.4 is 19.8 Å². The highest BCUT2D eigenvalue weighted by Crippen LogP contribution is 2.32. The molecule has 0 bridgehead atoms. The van der Waals surface area contributed by atoms with Crippen LogP contribution in [-0.4, -0.2) is 41.4 Å². The van der Waals surface area contributed by atoms with Crippen LogP contribution in [0.2, 0.25) is 0 Å². The molecule has 5 rings (SSSR count). The maximum Gasteiger partial charge on any atom is 0.338 e. The molecule has 1 fully saturated rings. The number of rotatable bonds is 7. The number of fused-ring (bicyclic) bond motifs is 1. The molecule has 11 heteroatoms. The van der Waals surface area contributed by atoms with E-state index in [1.165, 1.54) is 23.5 Å². The molecule has 0 unspecified atom stereocenters. The minimum atomic E-state index is -0.708. The second-order valence-electron chi connectivity index (χ2n) is 9.62. The van der Waals surface area contributed by atoms with E-state index in [9.17, 15) is 19.7 Å². The zero-order valence-corrected chi connectivity index (χ0v) is 24.2. The lowest BCUT2D eigenvalue weighted by atomic mass is 9.96. The quantitative estimate of drug-likeness (QED) is 0.177. The van der Waals surface area contributed by atoms with Gasteiger partial charge in [-0.2, -0.15) is 0 Å². The number of thioether (sulfide) groups is 1. The smallest absolute Gasteiger partial charge is 0.338 e. The molecule has 0 aliphatic carbocycles. The van der Waals surface area contributed by atoms with E-state index in [2.05, 4.69) is 9.89 Å². The second kappa shape index (κ2) is 11.8. The van der Waals surface area contributed by atoms with Gasteiger partial charge in [0.2, 0.25) is 0 Å². The van der Waals surface area contributed by atoms with Gasteiger partial charge >= 0.3 is 5.97 Å². The molecule has 2 aromatic carbocycles. The fourth-order valence-electron chi connectivity index (χ4n) is 5.23. The molecule has 3 aromatic rings. The van der Waals surface area contributed by atoms with Gasteiger partial charge in [0.1, 0.15) is 0 Å². The lowest BCUT2D eigenvalue weighted by molar-refractivity contribution is -0.384. The van der Waals surface area contributed by atoms with Gasteiger partial charge in [0.05, 0.1) is 33.4 Å². The summed E-state index contributed by atoms with van der Waals surface area (Å²) in [6, 6.07) is 11.9. The van der Waals surface area contributed by atoms with E-state index in [1.54, 1.807) is 42.3 Å². The molecule has 40 heavy (non-hydrogen) atoms. The Morgan fingerprint density at radius 3 is 2.58 bits per heavy atom. The third-order valence-corrected chi connectivity index (χ3v) is 8.88. The van der Waals surface area contributed by atoms with Crippen molar-refractivity contribution in [3.05, 3.63) is 94.7 Å². The highest BCUT2D eigenvalue weighted by atomic mass is 32.2. The minimum Gasteiger partial charge on any atom is -0.463 e. The summed E-state index contributed by atoms with van der Waals surface area (Å²) in [5, 5.41) is 11.6. The predicted molar refractivity (Wildman–Crippen MR) is 158 cm³/mol. The van der Waals surface area contributed by atoms with E-state index in [1.807, 2.05) is 30.5 Å². The van der Waals surface area contributed by atoms with Crippen LogP contribution in [0.25, 0.3) is 6.08 Å². The molecule has 2 aliphatic rings. The summed E-state index contributed by atoms with van der Waals surface area (Å²) in [6.07, 6.45) is 6.95. The van der Waals surface area contributed by atoms with Crippen molar-refractivity contribution in [2.45, 2.75) is 44.0 Å². The van der Waals surface area contributed by atoms with Gasteiger partial charge in [-0.25, -0.2) is 9.79 Å². The molecule has 3 heterocycles. The Morgan fingerprint density at radius 1 is 1.20 bits per heavy atom. The lowest BCUT2D eigenvalue weighted by Crippen LogP contribution is -2.40. The Balaban J connectivity index is 1.70. The molecular weight excluding hydrogens is 548 g/mol. The normalized spacial score (nSPS) is 17.4. The van der Waals surface area contributed by atoms with Crippen molar-refractivity contribution in [2.75, 3.05) is 30.9 Å². The van der Waals surface area contributed by atoms with Crippen LogP contribution in [0.5, 0.6) is 0 Å². The average Bonchev–Trinajstić information content (AvgIpc) is 3.26. The van der Waals surface area contributed by atoms with Gasteiger partial charge in [0, 0.05) is 41.4 Å². The SMILES string of the molecule is CCOC(=O)C1=C(C)N=c2sc(=Cc3cc([N+](=O)[O-])ccc3N3CCCCC3)c(=O)n2[C@@H]1c1ccc(SC)cc1. The van der Waals surface area contributed by atoms with Gasteiger partial charge < -0.3 is 9.64 Å². The summed E-state index contributed by atoms with van der Waals surface area (Å²) in [4.78, 5) is 46.7. The first-order valence-corrected chi connectivity index (χ1v) is 15.2. The van der Waals surface area contributed by atoms with Crippen molar-refractivity contribution in [1.29, 1.82) is 0 Å². The van der Waals surface area contributed by atoms with Crippen molar-refractivity contribution in [3.8, 4) is 0 Å². The molecule has 0 radical (unpaired) electrons. The molecule has 2 aliphatic heterocycles. The standard InChI is InChI=1S/C29H30N4O5S2/c1-4-38-28(35)25-18(2)30-29-32(26(25)19-8-11-22(39-3)12-9-19)27(34)24(40-29)17-20-16-21(33(36)37)10-13-23(20)31-14-6-5-7-15-31/h8-13,16-17,26H,4-7,14-15H2,1-3H3/t26-/m1/s1. The topological polar surface area (TPSA) is 107 Å². The highest BCUT2D eigenvalue weighted by Gasteiger charge is 2.33. The first-order valence-electron chi connectivity index (χ1n) is 13.2. The first kappa shape index (κ1) is 27.9. The number of piperidine rings is 1. The van der Waals surface area contributed by atoms with E-state index in [0.29, 0.717) is 26.2 Å². The largest absolute Gasteiger partial charge is 0.463 e. The average molecular weight is 579 g/mol. The number of aromatic nitrogens is 1. The second-order valence-corrected chi connectivity index (χ2v) is 11.5. The monoisotopic (exact) mass is 578 g/mol. The first-order chi connectivity index (χ1) is 19.3. The predicted octanol–water partition coefficient (Wildman–Crippen LogP) is 4.42. The molecule has 0 amide bonds. The van der Waals surface area contributed by atoms with Crippen LogP contribution in [0.4, 0.5) is 11.4 Å². The third-order valence-electron chi connectivity index (χ3n) is 7.15. The van der Waals surface area contributed by atoms with Gasteiger partial charge in [0.25, 0.3) is 11.2 Å². The third kappa shape index (κ3) is 5.35. The Morgan fingerprint density at radius 2 is 1.93 bits per heavy atom. The Bertz CT molecular complexity index is 1670. The number of nitro benzene ring substituents is 1. The van der Waals surface area contributed by atoms with Crippen molar-refractivity contribution in [1.82, 2.24) is 4.57 Å². The van der Waals surface area contributed by atoms with Crippen LogP contribution in [0.3, 0.4) is 0 Å². The lowest BCUT2D eigenvalue weighted by Gasteiger charge is -2.30. The fraction of sp³-hybridized carbons (Fsp3) is 0.345. The van der Waals surface area contributed by atoms with Gasteiger partial charge in [-0.15, -0.1) is 11.8 Å². The summed E-state index contributed by atoms with van der Waals surface area (Å²) in [6.45, 7) is 5.40. The molecule has 0 N–H and O–H groups in total. The molecule has 1 atom stereocenters. The molecule has 9 nitrogen and oxygen atoms in total. The van der Waals surface area contributed by atoms with Crippen LogP contribution >= 0.6 is 23.1 Å². The number of ether oxygens (including phenoxy) is 1. The number of nitro groups is 1. The van der Waals surface area contributed by atoms with E-state index in [0.717, 1.165) is 48.5 Å². The number of benzene rings is 2. The van der Waals surface area contributed by atoms with E-state index < -0.39 is 16.9 Å². The van der Waals surface area contributed by atoms with Crippen molar-refractivity contribution in [3.63, 3.8) is 0 Å². The van der Waals surface area contributed by atoms with Crippen LogP contribution in [-0.2, 0) is 9.53 Å². The van der Waals surface area contributed by atoms with Crippen LogP contribution in [0.1, 0.15) is 50.3 Å². The van der Waals surface area contributed by atoms with Crippen molar-refractivity contribution < 1.29 is 14.5 Å². The van der Waals surface area contributed by atoms with Gasteiger partial charge in [-0.3, -0.25) is 19.5 Å². The molecular formula is C29H30N4O5S2. The Kier molecular flexibility index (Phi) is 8.22. The van der Waals surface area contributed by atoms with E-state index in [4.69, 9.17) is 4.74 Å². The summed E-state index contributed by atoms with van der Waals surface area (Å²) in [5.74, 6) is -0.511. The number of hydrogen-bond donors (Lipinski definition) is 0. The maximum atomic E-state index is 14.0. The van der Waals surface area contributed by atoms with Gasteiger partial charge in [-0.05, 0) is 69.2 Å².